The second-order valence-corrected chi connectivity index (χ2v) is 10.4. The average molecular weight is 611 g/mol. The zero-order valence-corrected chi connectivity index (χ0v) is 25.7. The molecule has 0 fully saturated rings. The van der Waals surface area contributed by atoms with E-state index in [2.05, 4.69) is 36.9 Å². The first kappa shape index (κ1) is 38.4. The van der Waals surface area contributed by atoms with E-state index in [1.165, 1.54) is 41.5 Å². The molecule has 0 aliphatic heterocycles. The van der Waals surface area contributed by atoms with E-state index in [1.54, 1.807) is 0 Å². The minimum absolute atomic E-state index is 0.0822. The number of rotatable bonds is 18. The molecule has 0 spiro atoms. The number of nitrogens with one attached hydrogen (secondary N) is 2. The summed E-state index contributed by atoms with van der Waals surface area (Å²) in [4.78, 5) is 72.0. The van der Waals surface area contributed by atoms with Crippen LogP contribution in [0.25, 0.3) is 0 Å². The van der Waals surface area contributed by atoms with Crippen molar-refractivity contribution in [3.8, 4) is 0 Å². The summed E-state index contributed by atoms with van der Waals surface area (Å²) in [5.74, 6) is -2.83. The molecule has 0 radical (unpaired) electrons. The zero-order valence-electron chi connectivity index (χ0n) is 25.7. The monoisotopic (exact) mass is 610 g/mol. The van der Waals surface area contributed by atoms with E-state index < -0.39 is 47.1 Å². The summed E-state index contributed by atoms with van der Waals surface area (Å²) in [7, 11) is 0. The highest BCUT2D eigenvalue weighted by molar-refractivity contribution is 5.88. The highest BCUT2D eigenvalue weighted by atomic mass is 16.6. The number of amides is 2. The molecule has 0 unspecified atom stereocenters. The summed E-state index contributed by atoms with van der Waals surface area (Å²) in [5.41, 5.74) is -2.17. The Morgan fingerprint density at radius 1 is 0.488 bits per heavy atom. The third kappa shape index (κ3) is 16.4. The van der Waals surface area contributed by atoms with Gasteiger partial charge in [0.15, 0.2) is 0 Å². The van der Waals surface area contributed by atoms with Crippen molar-refractivity contribution < 1.29 is 57.2 Å². The Balaban J connectivity index is 4.95. The second kappa shape index (κ2) is 18.0. The molecule has 0 aromatic rings. The minimum Gasteiger partial charge on any atom is -0.460 e. The molecule has 0 aromatic heterocycles. The Labute approximate surface area is 251 Å². The van der Waals surface area contributed by atoms with Crippen LogP contribution in [0.1, 0.15) is 48.0 Å². The van der Waals surface area contributed by atoms with Crippen LogP contribution >= 0.6 is 0 Å². The number of carbonyl (C=O) groups is 6. The van der Waals surface area contributed by atoms with Crippen molar-refractivity contribution in [2.45, 2.75) is 59.0 Å². The summed E-state index contributed by atoms with van der Waals surface area (Å²) < 4.78 is 30.6. The zero-order chi connectivity index (χ0) is 33.4. The van der Waals surface area contributed by atoms with Crippen LogP contribution in [0, 0.1) is 0 Å². The van der Waals surface area contributed by atoms with Crippen molar-refractivity contribution in [3.63, 3.8) is 0 Å². The summed E-state index contributed by atoms with van der Waals surface area (Å²) in [6.07, 6.45) is -1.76. The summed E-state index contributed by atoms with van der Waals surface area (Å²) in [5, 5.41) is 4.97. The lowest BCUT2D eigenvalue weighted by molar-refractivity contribution is -0.147. The lowest BCUT2D eigenvalue weighted by atomic mass is 10.1. The van der Waals surface area contributed by atoms with E-state index >= 15 is 0 Å². The number of alkyl carbamates (subject to hydrolysis) is 2. The smallest absolute Gasteiger partial charge is 0.407 e. The van der Waals surface area contributed by atoms with Gasteiger partial charge in [-0.3, -0.25) is 0 Å². The number of carbonyl (C=O) groups excluding carboxylic acids is 6. The Bertz CT molecular complexity index is 979. The van der Waals surface area contributed by atoms with Gasteiger partial charge in [-0.1, -0.05) is 26.3 Å². The SMILES string of the molecule is C=C(C)C(=O)OCC(C)(COC(=O)C(=C)C)NC(=O)OCCCOC(=O)NC(C)(COC(=O)C(=C)C)COC(=O)C(=C)C. The maximum Gasteiger partial charge on any atom is 0.407 e. The van der Waals surface area contributed by atoms with Crippen LogP contribution in [-0.2, 0) is 47.6 Å². The van der Waals surface area contributed by atoms with E-state index in [0.717, 1.165) is 0 Å². The lowest BCUT2D eigenvalue weighted by Crippen LogP contribution is -2.54. The topological polar surface area (TPSA) is 182 Å². The van der Waals surface area contributed by atoms with E-state index in [0.29, 0.717) is 0 Å². The summed E-state index contributed by atoms with van der Waals surface area (Å²) >= 11 is 0. The first-order valence-electron chi connectivity index (χ1n) is 13.0. The molecule has 0 aliphatic rings. The molecule has 0 atom stereocenters. The van der Waals surface area contributed by atoms with Gasteiger partial charge >= 0.3 is 36.1 Å². The maximum absolute atomic E-state index is 12.4. The quantitative estimate of drug-likeness (QED) is 0.100. The van der Waals surface area contributed by atoms with Gasteiger partial charge in [-0.2, -0.15) is 0 Å². The fraction of sp³-hybridized carbons (Fsp3) is 0.517. The van der Waals surface area contributed by atoms with Gasteiger partial charge in [0.05, 0.1) is 13.2 Å². The van der Waals surface area contributed by atoms with Crippen LogP contribution < -0.4 is 10.6 Å². The molecule has 0 aromatic carbocycles. The fourth-order valence-electron chi connectivity index (χ4n) is 2.57. The van der Waals surface area contributed by atoms with Crippen LogP contribution in [-0.4, -0.2) is 86.8 Å². The van der Waals surface area contributed by atoms with Crippen molar-refractivity contribution in [2.24, 2.45) is 0 Å². The predicted molar refractivity (Wildman–Crippen MR) is 153 cm³/mol. The molecule has 14 heteroatoms. The molecule has 0 heterocycles. The third-order valence-corrected chi connectivity index (χ3v) is 5.04. The average Bonchev–Trinajstić information content (AvgIpc) is 2.91. The third-order valence-electron chi connectivity index (χ3n) is 5.04. The Morgan fingerprint density at radius 2 is 0.721 bits per heavy atom. The molecule has 0 saturated carbocycles. The molecule has 2 N–H and O–H groups in total. The van der Waals surface area contributed by atoms with Crippen LogP contribution in [0.4, 0.5) is 9.59 Å². The standard InChI is InChI=1S/C29H42N2O12/c1-18(2)22(32)40-14-28(9,15-41-23(33)19(3)4)30-26(36)38-12-11-13-39-27(37)31-29(10,16-42-24(34)20(5)6)17-43-25(35)21(7)8/h1,3,5,7,11-17H2,2,4,6,8-10H3,(H,30,36)(H,31,37). The highest BCUT2D eigenvalue weighted by Crippen LogP contribution is 2.11. The fourth-order valence-corrected chi connectivity index (χ4v) is 2.57. The van der Waals surface area contributed by atoms with Gasteiger partial charge in [0.25, 0.3) is 0 Å². The number of hydrogen-bond acceptors (Lipinski definition) is 12. The van der Waals surface area contributed by atoms with Crippen molar-refractivity contribution >= 4 is 36.1 Å². The number of hydrogen-bond donors (Lipinski definition) is 2. The van der Waals surface area contributed by atoms with Gasteiger partial charge in [0.2, 0.25) is 0 Å². The normalized spacial score (nSPS) is 10.7. The summed E-state index contributed by atoms with van der Waals surface area (Å²) in [6, 6.07) is 0. The largest absolute Gasteiger partial charge is 0.460 e. The van der Waals surface area contributed by atoms with Gasteiger partial charge < -0.3 is 39.1 Å². The number of esters is 4. The predicted octanol–water partition coefficient (Wildman–Crippen LogP) is 2.82. The Hall–Kier alpha value is -4.62. The summed E-state index contributed by atoms with van der Waals surface area (Å²) in [6.45, 7) is 20.8. The van der Waals surface area contributed by atoms with E-state index in [-0.39, 0.29) is 68.4 Å². The molecule has 43 heavy (non-hydrogen) atoms. The molecule has 240 valence electrons. The van der Waals surface area contributed by atoms with Gasteiger partial charge in [-0.15, -0.1) is 0 Å². The van der Waals surface area contributed by atoms with E-state index in [4.69, 9.17) is 28.4 Å². The minimum atomic E-state index is -1.35. The van der Waals surface area contributed by atoms with E-state index in [9.17, 15) is 28.8 Å². The molecule has 2 amide bonds. The van der Waals surface area contributed by atoms with Crippen molar-refractivity contribution in [2.75, 3.05) is 39.6 Å². The van der Waals surface area contributed by atoms with Crippen LogP contribution in [0.5, 0.6) is 0 Å². The lowest BCUT2D eigenvalue weighted by Gasteiger charge is -2.29. The number of ether oxygens (including phenoxy) is 6. The van der Waals surface area contributed by atoms with Gasteiger partial charge in [0.1, 0.15) is 37.5 Å². The maximum atomic E-state index is 12.4. The molecule has 0 aliphatic carbocycles. The molecule has 0 bridgehead atoms. The molecule has 0 saturated heterocycles. The van der Waals surface area contributed by atoms with Crippen LogP contribution in [0.3, 0.4) is 0 Å². The van der Waals surface area contributed by atoms with Gasteiger partial charge in [-0.05, 0) is 41.5 Å². The first-order chi connectivity index (χ1) is 19.8. The van der Waals surface area contributed by atoms with Crippen molar-refractivity contribution in [1.82, 2.24) is 10.6 Å². The Kier molecular flexibility index (Phi) is 16.1. The van der Waals surface area contributed by atoms with Gasteiger partial charge in [0, 0.05) is 28.7 Å². The molecular weight excluding hydrogens is 568 g/mol. The highest BCUT2D eigenvalue weighted by Gasteiger charge is 2.33. The van der Waals surface area contributed by atoms with Crippen molar-refractivity contribution in [3.05, 3.63) is 48.6 Å². The first-order valence-corrected chi connectivity index (χ1v) is 13.0. The second-order valence-electron chi connectivity index (χ2n) is 10.4. The van der Waals surface area contributed by atoms with Crippen molar-refractivity contribution in [1.29, 1.82) is 0 Å². The van der Waals surface area contributed by atoms with Crippen LogP contribution in [0.15, 0.2) is 48.6 Å². The van der Waals surface area contributed by atoms with E-state index in [1.807, 2.05) is 0 Å². The molecule has 0 rings (SSSR count). The molecular formula is C29H42N2O12. The van der Waals surface area contributed by atoms with Gasteiger partial charge in [-0.25, -0.2) is 28.8 Å². The van der Waals surface area contributed by atoms with Crippen LogP contribution in [0.2, 0.25) is 0 Å². The Morgan fingerprint density at radius 3 is 0.930 bits per heavy atom. The molecule has 14 nitrogen and oxygen atoms in total.